The second kappa shape index (κ2) is 9.82. The number of methoxy groups -OCH3 is 3. The maximum atomic E-state index is 11.8. The standard InChI is InChI=1S/C18H22ClN3O5/c1-5-27-16(23)8-12-17(19)21-10-22-18(12)20-9-13-14(25-3)6-11(24-2)7-15(13)26-4/h6-7,10H,5,8-9H2,1-4H3,(H,20,21,22). The lowest BCUT2D eigenvalue weighted by atomic mass is 10.1. The summed E-state index contributed by atoms with van der Waals surface area (Å²) in [5, 5.41) is 3.35. The molecule has 0 unspecified atom stereocenters. The predicted octanol–water partition coefficient (Wildman–Crippen LogP) is 2.87. The lowest BCUT2D eigenvalue weighted by Crippen LogP contribution is -2.13. The summed E-state index contributed by atoms with van der Waals surface area (Å²) >= 11 is 6.15. The van der Waals surface area contributed by atoms with Gasteiger partial charge in [0.05, 0.1) is 39.9 Å². The summed E-state index contributed by atoms with van der Waals surface area (Å²) in [6, 6.07) is 3.51. The van der Waals surface area contributed by atoms with E-state index in [2.05, 4.69) is 15.3 Å². The summed E-state index contributed by atoms with van der Waals surface area (Å²) in [4.78, 5) is 20.0. The van der Waals surface area contributed by atoms with Crippen molar-refractivity contribution in [2.24, 2.45) is 0 Å². The summed E-state index contributed by atoms with van der Waals surface area (Å²) in [6.07, 6.45) is 1.29. The molecule has 0 aliphatic heterocycles. The Kier molecular flexibility index (Phi) is 7.48. The minimum atomic E-state index is -0.406. The van der Waals surface area contributed by atoms with Gasteiger partial charge in [0, 0.05) is 24.2 Å². The molecule has 0 fully saturated rings. The van der Waals surface area contributed by atoms with Gasteiger partial charge in [0.15, 0.2) is 0 Å². The predicted molar refractivity (Wildman–Crippen MR) is 101 cm³/mol. The largest absolute Gasteiger partial charge is 0.496 e. The van der Waals surface area contributed by atoms with Crippen LogP contribution in [0, 0.1) is 0 Å². The van der Waals surface area contributed by atoms with Crippen molar-refractivity contribution in [3.63, 3.8) is 0 Å². The Labute approximate surface area is 162 Å². The van der Waals surface area contributed by atoms with Crippen LogP contribution in [0.25, 0.3) is 0 Å². The zero-order valence-corrected chi connectivity index (χ0v) is 16.4. The quantitative estimate of drug-likeness (QED) is 0.512. The first-order valence-corrected chi connectivity index (χ1v) is 8.59. The zero-order valence-electron chi connectivity index (χ0n) is 15.7. The number of benzene rings is 1. The smallest absolute Gasteiger partial charge is 0.310 e. The van der Waals surface area contributed by atoms with E-state index in [-0.39, 0.29) is 18.2 Å². The van der Waals surface area contributed by atoms with Crippen LogP contribution in [0.3, 0.4) is 0 Å². The van der Waals surface area contributed by atoms with Crippen LogP contribution >= 0.6 is 11.6 Å². The van der Waals surface area contributed by atoms with Crippen LogP contribution in [-0.4, -0.2) is 43.9 Å². The van der Waals surface area contributed by atoms with Gasteiger partial charge in [-0.1, -0.05) is 11.6 Å². The Bertz CT molecular complexity index is 776. The minimum absolute atomic E-state index is 0.0350. The average molecular weight is 396 g/mol. The fourth-order valence-corrected chi connectivity index (χ4v) is 2.68. The fraction of sp³-hybridized carbons (Fsp3) is 0.389. The van der Waals surface area contributed by atoms with E-state index < -0.39 is 5.97 Å². The SMILES string of the molecule is CCOC(=O)Cc1c(Cl)ncnc1NCc1c(OC)cc(OC)cc1OC. The summed E-state index contributed by atoms with van der Waals surface area (Å²) in [5.41, 5.74) is 1.22. The monoisotopic (exact) mass is 395 g/mol. The number of anilines is 1. The summed E-state index contributed by atoms with van der Waals surface area (Å²) in [7, 11) is 4.69. The van der Waals surface area contributed by atoms with E-state index in [0.29, 0.717) is 35.2 Å². The first-order chi connectivity index (χ1) is 13.0. The Hall–Kier alpha value is -2.74. The second-order valence-electron chi connectivity index (χ2n) is 5.34. The van der Waals surface area contributed by atoms with E-state index >= 15 is 0 Å². The maximum Gasteiger partial charge on any atom is 0.310 e. The Morgan fingerprint density at radius 3 is 2.30 bits per heavy atom. The Morgan fingerprint density at radius 2 is 1.74 bits per heavy atom. The van der Waals surface area contributed by atoms with E-state index in [1.807, 2.05) is 0 Å². The van der Waals surface area contributed by atoms with E-state index in [9.17, 15) is 4.79 Å². The highest BCUT2D eigenvalue weighted by Crippen LogP contribution is 2.34. The first kappa shape index (κ1) is 20.6. The molecule has 9 heteroatoms. The van der Waals surface area contributed by atoms with Crippen molar-refractivity contribution in [1.82, 2.24) is 9.97 Å². The molecule has 146 valence electrons. The van der Waals surface area contributed by atoms with Gasteiger partial charge in [-0.3, -0.25) is 4.79 Å². The normalized spacial score (nSPS) is 10.3. The number of rotatable bonds is 9. The summed E-state index contributed by atoms with van der Waals surface area (Å²) in [6.45, 7) is 2.34. The first-order valence-electron chi connectivity index (χ1n) is 8.21. The molecular formula is C18H22ClN3O5. The number of esters is 1. The van der Waals surface area contributed by atoms with Crippen molar-refractivity contribution in [3.05, 3.63) is 34.7 Å². The molecule has 0 radical (unpaired) electrons. The highest BCUT2D eigenvalue weighted by atomic mass is 35.5. The highest BCUT2D eigenvalue weighted by molar-refractivity contribution is 6.30. The molecule has 2 aromatic rings. The van der Waals surface area contributed by atoms with Gasteiger partial charge in [-0.2, -0.15) is 0 Å². The number of aromatic nitrogens is 2. The fourth-order valence-electron chi connectivity index (χ4n) is 2.48. The van der Waals surface area contributed by atoms with Crippen LogP contribution in [0.4, 0.5) is 5.82 Å². The van der Waals surface area contributed by atoms with Crippen molar-refractivity contribution < 1.29 is 23.7 Å². The van der Waals surface area contributed by atoms with Gasteiger partial charge in [-0.15, -0.1) is 0 Å². The van der Waals surface area contributed by atoms with Gasteiger partial charge in [0.2, 0.25) is 0 Å². The lowest BCUT2D eigenvalue weighted by molar-refractivity contribution is -0.142. The molecule has 0 bridgehead atoms. The molecule has 1 heterocycles. The molecule has 0 spiro atoms. The Morgan fingerprint density at radius 1 is 1.07 bits per heavy atom. The molecular weight excluding hydrogens is 374 g/mol. The number of nitrogens with one attached hydrogen (secondary N) is 1. The number of halogens is 1. The van der Waals surface area contributed by atoms with E-state index in [1.165, 1.54) is 6.33 Å². The third-order valence-corrected chi connectivity index (χ3v) is 4.09. The van der Waals surface area contributed by atoms with Crippen LogP contribution in [0.15, 0.2) is 18.5 Å². The molecule has 1 N–H and O–H groups in total. The van der Waals surface area contributed by atoms with Gasteiger partial charge in [-0.05, 0) is 6.92 Å². The molecule has 1 aromatic carbocycles. The number of ether oxygens (including phenoxy) is 4. The van der Waals surface area contributed by atoms with Crippen LogP contribution in [0.2, 0.25) is 5.15 Å². The van der Waals surface area contributed by atoms with Crippen molar-refractivity contribution >= 4 is 23.4 Å². The molecule has 0 amide bonds. The van der Waals surface area contributed by atoms with Crippen LogP contribution in [0.1, 0.15) is 18.1 Å². The second-order valence-corrected chi connectivity index (χ2v) is 5.70. The molecule has 8 nitrogen and oxygen atoms in total. The molecule has 0 saturated heterocycles. The van der Waals surface area contributed by atoms with Crippen molar-refractivity contribution in [1.29, 1.82) is 0 Å². The average Bonchev–Trinajstić information content (AvgIpc) is 2.67. The van der Waals surface area contributed by atoms with Gasteiger partial charge < -0.3 is 24.3 Å². The molecule has 0 atom stereocenters. The molecule has 1 aromatic heterocycles. The van der Waals surface area contributed by atoms with Crippen LogP contribution in [-0.2, 0) is 22.5 Å². The number of nitrogens with zero attached hydrogens (tertiary/aromatic N) is 2. The number of carbonyl (C=O) groups excluding carboxylic acids is 1. The third kappa shape index (κ3) is 5.13. The van der Waals surface area contributed by atoms with Crippen molar-refractivity contribution in [3.8, 4) is 17.2 Å². The third-order valence-electron chi connectivity index (χ3n) is 3.77. The molecule has 0 aliphatic rings. The number of carbonyl (C=O) groups is 1. The summed E-state index contributed by atoms with van der Waals surface area (Å²) in [5.74, 6) is 1.82. The Balaban J connectivity index is 2.29. The van der Waals surface area contributed by atoms with E-state index in [4.69, 9.17) is 30.5 Å². The molecule has 2 rings (SSSR count). The summed E-state index contributed by atoms with van der Waals surface area (Å²) < 4.78 is 21.1. The topological polar surface area (TPSA) is 91.8 Å². The van der Waals surface area contributed by atoms with Gasteiger partial charge in [-0.25, -0.2) is 9.97 Å². The molecule has 27 heavy (non-hydrogen) atoms. The lowest BCUT2D eigenvalue weighted by Gasteiger charge is -2.17. The minimum Gasteiger partial charge on any atom is -0.496 e. The van der Waals surface area contributed by atoms with Gasteiger partial charge in [0.25, 0.3) is 0 Å². The molecule has 0 aliphatic carbocycles. The highest BCUT2D eigenvalue weighted by Gasteiger charge is 2.17. The van der Waals surface area contributed by atoms with Crippen molar-refractivity contribution in [2.45, 2.75) is 19.9 Å². The van der Waals surface area contributed by atoms with Gasteiger partial charge >= 0.3 is 5.97 Å². The van der Waals surface area contributed by atoms with Crippen LogP contribution < -0.4 is 19.5 Å². The number of hydrogen-bond donors (Lipinski definition) is 1. The number of hydrogen-bond acceptors (Lipinski definition) is 8. The molecule has 0 saturated carbocycles. The van der Waals surface area contributed by atoms with E-state index in [1.54, 1.807) is 40.4 Å². The maximum absolute atomic E-state index is 11.8. The van der Waals surface area contributed by atoms with E-state index in [0.717, 1.165) is 5.56 Å². The van der Waals surface area contributed by atoms with Crippen molar-refractivity contribution in [2.75, 3.05) is 33.3 Å². The zero-order chi connectivity index (χ0) is 19.8. The van der Waals surface area contributed by atoms with Gasteiger partial charge in [0.1, 0.15) is 34.5 Å². The van der Waals surface area contributed by atoms with Crippen LogP contribution in [0.5, 0.6) is 17.2 Å².